The van der Waals surface area contributed by atoms with Crippen molar-refractivity contribution in [3.8, 4) is 22.7 Å². The highest BCUT2D eigenvalue weighted by atomic mass is 16.5. The first-order valence-electron chi connectivity index (χ1n) is 11.0. The Bertz CT molecular complexity index is 1210. The first-order chi connectivity index (χ1) is 17.0. The van der Waals surface area contributed by atoms with E-state index in [4.69, 9.17) is 14.2 Å². The number of esters is 2. The van der Waals surface area contributed by atoms with Crippen molar-refractivity contribution in [2.75, 3.05) is 34.4 Å². The van der Waals surface area contributed by atoms with Crippen molar-refractivity contribution >= 4 is 11.9 Å². The normalized spacial score (nSPS) is 10.6. The average molecular weight is 476 g/mol. The summed E-state index contributed by atoms with van der Waals surface area (Å²) in [6, 6.07) is 14.5. The standard InChI is InChI=1S/C27H29N3O5/c1-6-15-29(16-7-2)18-20-17-19(13-14-22(20)33-3)24-23(26(31)34-4)25(27(32)35-5)30(28-24)21-11-9-8-10-12-21/h6-14,17H,1-2,15-16,18H2,3-5H3. The zero-order chi connectivity index (χ0) is 25.4. The summed E-state index contributed by atoms with van der Waals surface area (Å²) in [6.45, 7) is 9.50. The molecule has 2 aromatic carbocycles. The summed E-state index contributed by atoms with van der Waals surface area (Å²) in [5.41, 5.74) is 2.40. The fourth-order valence-corrected chi connectivity index (χ4v) is 3.82. The van der Waals surface area contributed by atoms with Crippen LogP contribution in [0.25, 0.3) is 16.9 Å². The van der Waals surface area contributed by atoms with Crippen molar-refractivity contribution in [3.63, 3.8) is 0 Å². The lowest BCUT2D eigenvalue weighted by Gasteiger charge is -2.20. The van der Waals surface area contributed by atoms with Crippen LogP contribution in [0.5, 0.6) is 5.75 Å². The first kappa shape index (κ1) is 25.5. The Kier molecular flexibility index (Phi) is 8.58. The maximum absolute atomic E-state index is 12.9. The van der Waals surface area contributed by atoms with Gasteiger partial charge in [0.15, 0.2) is 5.69 Å². The Balaban J connectivity index is 2.24. The predicted molar refractivity (Wildman–Crippen MR) is 134 cm³/mol. The molecule has 3 rings (SSSR count). The van der Waals surface area contributed by atoms with E-state index in [9.17, 15) is 9.59 Å². The number of aromatic nitrogens is 2. The maximum atomic E-state index is 12.9. The molecule has 0 spiro atoms. The van der Waals surface area contributed by atoms with Gasteiger partial charge in [0.05, 0.1) is 27.0 Å². The highest BCUT2D eigenvalue weighted by Gasteiger charge is 2.31. The molecule has 1 heterocycles. The van der Waals surface area contributed by atoms with Gasteiger partial charge in [-0.15, -0.1) is 13.2 Å². The number of nitrogens with zero attached hydrogens (tertiary/aromatic N) is 3. The van der Waals surface area contributed by atoms with Gasteiger partial charge in [0.25, 0.3) is 0 Å². The largest absolute Gasteiger partial charge is 0.496 e. The molecule has 0 aliphatic carbocycles. The molecule has 0 aliphatic rings. The van der Waals surface area contributed by atoms with E-state index in [1.807, 2.05) is 42.5 Å². The molecular formula is C27H29N3O5. The molecule has 0 N–H and O–H groups in total. The number of hydrogen-bond acceptors (Lipinski definition) is 7. The zero-order valence-corrected chi connectivity index (χ0v) is 20.2. The second-order valence-corrected chi connectivity index (χ2v) is 7.60. The Labute approximate surface area is 205 Å². The van der Waals surface area contributed by atoms with Gasteiger partial charge in [-0.05, 0) is 30.3 Å². The molecule has 8 nitrogen and oxygen atoms in total. The van der Waals surface area contributed by atoms with Gasteiger partial charge < -0.3 is 14.2 Å². The third kappa shape index (κ3) is 5.50. The molecule has 1 aromatic heterocycles. The van der Waals surface area contributed by atoms with Crippen LogP contribution in [0.2, 0.25) is 0 Å². The molecule has 0 unspecified atom stereocenters. The fourth-order valence-electron chi connectivity index (χ4n) is 3.82. The topological polar surface area (TPSA) is 82.9 Å². The lowest BCUT2D eigenvalue weighted by molar-refractivity contribution is 0.0549. The maximum Gasteiger partial charge on any atom is 0.357 e. The van der Waals surface area contributed by atoms with Gasteiger partial charge in [-0.25, -0.2) is 14.3 Å². The number of methoxy groups -OCH3 is 3. The van der Waals surface area contributed by atoms with E-state index in [2.05, 4.69) is 23.2 Å². The highest BCUT2D eigenvalue weighted by molar-refractivity contribution is 6.06. The molecule has 0 radical (unpaired) electrons. The Hall–Kier alpha value is -4.17. The summed E-state index contributed by atoms with van der Waals surface area (Å²) < 4.78 is 17.0. The van der Waals surface area contributed by atoms with Crippen LogP contribution in [-0.2, 0) is 16.0 Å². The monoisotopic (exact) mass is 475 g/mol. The van der Waals surface area contributed by atoms with Crippen LogP contribution in [0.15, 0.2) is 73.8 Å². The summed E-state index contributed by atoms with van der Waals surface area (Å²) in [5.74, 6) is -0.716. The van der Waals surface area contributed by atoms with Crippen LogP contribution < -0.4 is 4.74 Å². The lowest BCUT2D eigenvalue weighted by Crippen LogP contribution is -2.23. The highest BCUT2D eigenvalue weighted by Crippen LogP contribution is 2.32. The van der Waals surface area contributed by atoms with Crippen LogP contribution in [0, 0.1) is 0 Å². The van der Waals surface area contributed by atoms with Crippen LogP contribution in [-0.4, -0.2) is 61.0 Å². The van der Waals surface area contributed by atoms with Crippen molar-refractivity contribution in [2.45, 2.75) is 6.54 Å². The molecule has 0 saturated heterocycles. The number of benzene rings is 2. The number of hydrogen-bond donors (Lipinski definition) is 0. The van der Waals surface area contributed by atoms with Crippen molar-refractivity contribution in [1.29, 1.82) is 0 Å². The van der Waals surface area contributed by atoms with Crippen molar-refractivity contribution in [1.82, 2.24) is 14.7 Å². The number of para-hydroxylation sites is 1. The molecule has 3 aromatic rings. The average Bonchev–Trinajstić information content (AvgIpc) is 3.29. The van der Waals surface area contributed by atoms with Gasteiger partial charge in [-0.1, -0.05) is 30.4 Å². The predicted octanol–water partition coefficient (Wildman–Crippen LogP) is 4.30. The Morgan fingerprint density at radius 3 is 2.20 bits per heavy atom. The molecule has 35 heavy (non-hydrogen) atoms. The van der Waals surface area contributed by atoms with Gasteiger partial charge in [0.1, 0.15) is 17.0 Å². The smallest absolute Gasteiger partial charge is 0.357 e. The fraction of sp³-hybridized carbons (Fsp3) is 0.222. The number of ether oxygens (including phenoxy) is 3. The van der Waals surface area contributed by atoms with Gasteiger partial charge in [0, 0.05) is 30.8 Å². The minimum absolute atomic E-state index is 0.0159. The van der Waals surface area contributed by atoms with E-state index in [1.165, 1.54) is 18.9 Å². The minimum Gasteiger partial charge on any atom is -0.496 e. The zero-order valence-electron chi connectivity index (χ0n) is 20.2. The molecular weight excluding hydrogens is 446 g/mol. The van der Waals surface area contributed by atoms with Gasteiger partial charge in [-0.3, -0.25) is 4.90 Å². The molecule has 0 saturated carbocycles. The second kappa shape index (κ2) is 11.8. The van der Waals surface area contributed by atoms with Crippen molar-refractivity contribution in [3.05, 3.63) is 90.7 Å². The summed E-state index contributed by atoms with van der Waals surface area (Å²) in [7, 11) is 4.11. The molecule has 0 amide bonds. The van der Waals surface area contributed by atoms with Gasteiger partial charge >= 0.3 is 11.9 Å². The number of carbonyl (C=O) groups is 2. The SMILES string of the molecule is C=CCN(CC=C)Cc1cc(-c2nn(-c3ccccc3)c(C(=O)OC)c2C(=O)OC)ccc1OC. The van der Waals surface area contributed by atoms with E-state index >= 15 is 0 Å². The van der Waals surface area contributed by atoms with Crippen molar-refractivity contribution in [2.24, 2.45) is 0 Å². The lowest BCUT2D eigenvalue weighted by atomic mass is 10.0. The summed E-state index contributed by atoms with van der Waals surface area (Å²) in [4.78, 5) is 27.9. The van der Waals surface area contributed by atoms with Crippen LogP contribution in [0.4, 0.5) is 0 Å². The third-order valence-corrected chi connectivity index (χ3v) is 5.38. The summed E-state index contributed by atoms with van der Waals surface area (Å²) >= 11 is 0. The quantitative estimate of drug-likeness (QED) is 0.302. The van der Waals surface area contributed by atoms with E-state index in [0.717, 1.165) is 5.56 Å². The summed E-state index contributed by atoms with van der Waals surface area (Å²) in [6.07, 6.45) is 3.64. The molecule has 182 valence electrons. The van der Waals surface area contributed by atoms with Crippen LogP contribution >= 0.6 is 0 Å². The Morgan fingerprint density at radius 1 is 0.971 bits per heavy atom. The number of carbonyl (C=O) groups excluding carboxylic acids is 2. The van der Waals surface area contributed by atoms with Crippen molar-refractivity contribution < 1.29 is 23.8 Å². The second-order valence-electron chi connectivity index (χ2n) is 7.60. The summed E-state index contributed by atoms with van der Waals surface area (Å²) in [5, 5.41) is 4.67. The molecule has 0 bridgehead atoms. The molecule has 0 atom stereocenters. The van der Waals surface area contributed by atoms with E-state index < -0.39 is 11.9 Å². The van der Waals surface area contributed by atoms with Crippen LogP contribution in [0.3, 0.4) is 0 Å². The number of rotatable bonds is 11. The van der Waals surface area contributed by atoms with E-state index in [0.29, 0.717) is 42.3 Å². The Morgan fingerprint density at radius 2 is 1.63 bits per heavy atom. The first-order valence-corrected chi connectivity index (χ1v) is 11.0. The molecule has 0 aliphatic heterocycles. The third-order valence-electron chi connectivity index (χ3n) is 5.38. The molecule has 0 fully saturated rings. The van der Waals surface area contributed by atoms with Crippen LogP contribution in [0.1, 0.15) is 26.4 Å². The van der Waals surface area contributed by atoms with E-state index in [-0.39, 0.29) is 11.3 Å². The van der Waals surface area contributed by atoms with Gasteiger partial charge in [0.2, 0.25) is 0 Å². The minimum atomic E-state index is -0.704. The van der Waals surface area contributed by atoms with E-state index in [1.54, 1.807) is 25.3 Å². The molecule has 8 heteroatoms. The van der Waals surface area contributed by atoms with Gasteiger partial charge in [-0.2, -0.15) is 5.10 Å².